The molecule has 0 amide bonds. The van der Waals surface area contributed by atoms with E-state index >= 15 is 0 Å². The van der Waals surface area contributed by atoms with Crippen LogP contribution in [0.25, 0.3) is 0 Å². The van der Waals surface area contributed by atoms with E-state index in [-0.39, 0.29) is 0 Å². The van der Waals surface area contributed by atoms with Gasteiger partial charge in [-0.05, 0) is 25.8 Å². The molecule has 1 saturated heterocycles. The summed E-state index contributed by atoms with van der Waals surface area (Å²) in [6, 6.07) is 8.68. The van der Waals surface area contributed by atoms with Crippen LogP contribution >= 0.6 is 0 Å². The molecule has 1 atom stereocenters. The van der Waals surface area contributed by atoms with Crippen LogP contribution in [0.15, 0.2) is 24.3 Å². The van der Waals surface area contributed by atoms with Gasteiger partial charge >= 0.3 is 0 Å². The highest BCUT2D eigenvalue weighted by Gasteiger charge is 2.30. The highest BCUT2D eigenvalue weighted by molar-refractivity contribution is 5.36. The molecule has 0 aliphatic carbocycles. The Morgan fingerprint density at radius 2 is 2.00 bits per heavy atom. The predicted octanol–water partition coefficient (Wildman–Crippen LogP) is 2.64. The van der Waals surface area contributed by atoms with E-state index in [4.69, 9.17) is 14.2 Å². The van der Waals surface area contributed by atoms with Crippen molar-refractivity contribution in [3.63, 3.8) is 0 Å². The zero-order valence-corrected chi connectivity index (χ0v) is 12.1. The van der Waals surface area contributed by atoms with Gasteiger partial charge in [0.15, 0.2) is 5.79 Å². The fraction of sp³-hybridized carbons (Fsp3) is 0.625. The number of hydrogen-bond donors (Lipinski definition) is 1. The zero-order chi connectivity index (χ0) is 13.8. The first-order chi connectivity index (χ1) is 9.77. The first-order valence-electron chi connectivity index (χ1n) is 7.50. The Kier molecular flexibility index (Phi) is 4.24. The maximum absolute atomic E-state index is 5.79. The first kappa shape index (κ1) is 13.9. The number of nitrogens with one attached hydrogen (secondary N) is 1. The van der Waals surface area contributed by atoms with Gasteiger partial charge in [-0.2, -0.15) is 0 Å². The van der Waals surface area contributed by atoms with Crippen molar-refractivity contribution >= 4 is 0 Å². The molecule has 4 nitrogen and oxygen atoms in total. The molecule has 1 aromatic carbocycles. The van der Waals surface area contributed by atoms with Crippen LogP contribution < -0.4 is 10.1 Å². The molecule has 1 fully saturated rings. The van der Waals surface area contributed by atoms with Crippen LogP contribution in [0.5, 0.6) is 5.75 Å². The summed E-state index contributed by atoms with van der Waals surface area (Å²) < 4.78 is 17.1. The molecule has 110 valence electrons. The Balaban J connectivity index is 1.59. The number of benzene rings is 1. The van der Waals surface area contributed by atoms with E-state index in [9.17, 15) is 0 Å². The van der Waals surface area contributed by atoms with Gasteiger partial charge in [0, 0.05) is 24.6 Å². The van der Waals surface area contributed by atoms with Crippen molar-refractivity contribution in [2.75, 3.05) is 26.4 Å². The van der Waals surface area contributed by atoms with Crippen molar-refractivity contribution < 1.29 is 14.2 Å². The second kappa shape index (κ2) is 6.12. The Morgan fingerprint density at radius 1 is 1.20 bits per heavy atom. The van der Waals surface area contributed by atoms with Crippen LogP contribution in [-0.4, -0.2) is 32.2 Å². The lowest BCUT2D eigenvalue weighted by Crippen LogP contribution is -2.32. The van der Waals surface area contributed by atoms with Crippen molar-refractivity contribution in [1.29, 1.82) is 0 Å². The summed E-state index contributed by atoms with van der Waals surface area (Å²) in [5, 5.41) is 3.63. The molecule has 3 rings (SSSR count). The molecular weight excluding hydrogens is 254 g/mol. The Morgan fingerprint density at radius 3 is 2.85 bits per heavy atom. The third kappa shape index (κ3) is 3.14. The lowest BCUT2D eigenvalue weighted by atomic mass is 10.0. The fourth-order valence-corrected chi connectivity index (χ4v) is 2.91. The van der Waals surface area contributed by atoms with Crippen molar-refractivity contribution in [3.05, 3.63) is 29.8 Å². The second-order valence-electron chi connectivity index (χ2n) is 5.62. The van der Waals surface area contributed by atoms with Gasteiger partial charge in [-0.15, -0.1) is 0 Å². The average molecular weight is 277 g/mol. The van der Waals surface area contributed by atoms with E-state index in [1.54, 1.807) is 0 Å². The monoisotopic (exact) mass is 277 g/mol. The minimum atomic E-state index is -0.409. The lowest BCUT2D eigenvalue weighted by molar-refractivity contribution is -0.145. The Labute approximate surface area is 120 Å². The van der Waals surface area contributed by atoms with E-state index in [0.29, 0.717) is 19.3 Å². The molecular formula is C16H23NO3. The molecule has 1 aromatic rings. The lowest BCUT2D eigenvalue weighted by Gasteiger charge is -2.24. The van der Waals surface area contributed by atoms with Crippen LogP contribution in [0.4, 0.5) is 0 Å². The van der Waals surface area contributed by atoms with Gasteiger partial charge in [0.1, 0.15) is 5.75 Å². The number of hydrogen-bond acceptors (Lipinski definition) is 4. The maximum Gasteiger partial charge on any atom is 0.166 e. The molecule has 20 heavy (non-hydrogen) atoms. The largest absolute Gasteiger partial charge is 0.493 e. The highest BCUT2D eigenvalue weighted by atomic mass is 16.7. The van der Waals surface area contributed by atoms with E-state index in [0.717, 1.165) is 38.2 Å². The molecule has 2 heterocycles. The minimum absolute atomic E-state index is 0.360. The Hall–Kier alpha value is -1.10. The van der Waals surface area contributed by atoms with Crippen LogP contribution in [0.1, 0.15) is 37.8 Å². The van der Waals surface area contributed by atoms with Crippen LogP contribution in [0.2, 0.25) is 0 Å². The summed E-state index contributed by atoms with van der Waals surface area (Å²) in [5.74, 6) is 0.607. The van der Waals surface area contributed by atoms with E-state index in [2.05, 4.69) is 23.5 Å². The summed E-state index contributed by atoms with van der Waals surface area (Å²) in [6.45, 7) is 5.12. The summed E-state index contributed by atoms with van der Waals surface area (Å²) in [4.78, 5) is 0. The van der Waals surface area contributed by atoms with Crippen molar-refractivity contribution in [2.45, 2.75) is 38.0 Å². The molecule has 0 spiro atoms. The zero-order valence-electron chi connectivity index (χ0n) is 12.1. The smallest absolute Gasteiger partial charge is 0.166 e. The topological polar surface area (TPSA) is 39.7 Å². The van der Waals surface area contributed by atoms with Crippen molar-refractivity contribution in [1.82, 2.24) is 5.32 Å². The first-order valence-corrected chi connectivity index (χ1v) is 7.50. The maximum atomic E-state index is 5.79. The Bertz CT molecular complexity index is 443. The van der Waals surface area contributed by atoms with Gasteiger partial charge < -0.3 is 19.5 Å². The number of rotatable bonds is 4. The predicted molar refractivity (Wildman–Crippen MR) is 76.8 cm³/mol. The molecule has 0 bridgehead atoms. The molecule has 0 saturated carbocycles. The van der Waals surface area contributed by atoms with Crippen molar-refractivity contribution in [2.24, 2.45) is 0 Å². The van der Waals surface area contributed by atoms with Gasteiger partial charge in [0.25, 0.3) is 0 Å². The molecule has 2 aliphatic rings. The number of para-hydroxylation sites is 1. The minimum Gasteiger partial charge on any atom is -0.493 e. The van der Waals surface area contributed by atoms with Gasteiger partial charge in [-0.25, -0.2) is 0 Å². The molecule has 0 aromatic heterocycles. The molecule has 0 unspecified atom stereocenters. The summed E-state index contributed by atoms with van der Waals surface area (Å²) >= 11 is 0. The van der Waals surface area contributed by atoms with Gasteiger partial charge in [0.2, 0.25) is 0 Å². The van der Waals surface area contributed by atoms with Crippen molar-refractivity contribution in [3.8, 4) is 5.75 Å². The average Bonchev–Trinajstić information content (AvgIpc) is 2.78. The van der Waals surface area contributed by atoms with E-state index in [1.807, 2.05) is 13.0 Å². The molecule has 2 aliphatic heterocycles. The highest BCUT2D eigenvalue weighted by Crippen LogP contribution is 2.31. The molecule has 0 radical (unpaired) electrons. The normalized spacial score (nSPS) is 24.8. The quantitative estimate of drug-likeness (QED) is 0.918. The summed E-state index contributed by atoms with van der Waals surface area (Å²) in [5.41, 5.74) is 1.27. The second-order valence-corrected chi connectivity index (χ2v) is 5.62. The van der Waals surface area contributed by atoms with Crippen LogP contribution in [-0.2, 0) is 9.47 Å². The summed E-state index contributed by atoms with van der Waals surface area (Å²) in [6.07, 6.45) is 3.05. The SMILES string of the molecule is CC1(CCN[C@H]2CCCOc3ccccc32)OCCO1. The number of ether oxygens (including phenoxy) is 3. The third-order valence-electron chi connectivity index (χ3n) is 4.06. The molecule has 4 heteroatoms. The van der Waals surface area contributed by atoms with Crippen LogP contribution in [0, 0.1) is 0 Å². The van der Waals surface area contributed by atoms with Gasteiger partial charge in [-0.3, -0.25) is 0 Å². The third-order valence-corrected chi connectivity index (χ3v) is 4.06. The van der Waals surface area contributed by atoms with Gasteiger partial charge in [-0.1, -0.05) is 18.2 Å². The van der Waals surface area contributed by atoms with E-state index in [1.165, 1.54) is 5.56 Å². The summed E-state index contributed by atoms with van der Waals surface area (Å²) in [7, 11) is 0. The van der Waals surface area contributed by atoms with Gasteiger partial charge in [0.05, 0.1) is 19.8 Å². The van der Waals surface area contributed by atoms with Crippen LogP contribution in [0.3, 0.4) is 0 Å². The standard InChI is InChI=1S/C16H23NO3/c1-16(19-11-12-20-16)8-9-17-14-6-4-10-18-15-7-3-2-5-13(14)15/h2-3,5,7,14,17H,4,6,8-12H2,1H3/t14-/m0/s1. The fourth-order valence-electron chi connectivity index (χ4n) is 2.91. The molecule has 1 N–H and O–H groups in total. The van der Waals surface area contributed by atoms with E-state index < -0.39 is 5.79 Å². The number of fused-ring (bicyclic) bond motifs is 1.